The van der Waals surface area contributed by atoms with Gasteiger partial charge >= 0.3 is 17.9 Å². The lowest BCUT2D eigenvalue weighted by molar-refractivity contribution is -0.173. The van der Waals surface area contributed by atoms with Crippen LogP contribution in [0, 0.1) is 17.2 Å². The summed E-state index contributed by atoms with van der Waals surface area (Å²) in [7, 11) is 0. The van der Waals surface area contributed by atoms with E-state index >= 15 is 0 Å². The zero-order valence-corrected chi connectivity index (χ0v) is 11.6. The largest absolute Gasteiger partial charge is 0.454 e. The van der Waals surface area contributed by atoms with E-state index in [-0.39, 0.29) is 17.9 Å². The maximum absolute atomic E-state index is 11.7. The van der Waals surface area contributed by atoms with Crippen LogP contribution in [0.25, 0.3) is 0 Å². The molecule has 0 radical (unpaired) electrons. The molecule has 1 heterocycles. The quantitative estimate of drug-likeness (QED) is 0.425. The van der Waals surface area contributed by atoms with Crippen LogP contribution in [0.15, 0.2) is 12.2 Å². The van der Waals surface area contributed by atoms with E-state index in [4.69, 9.17) is 9.47 Å². The van der Waals surface area contributed by atoms with Crippen molar-refractivity contribution in [2.24, 2.45) is 5.92 Å². The predicted octanol–water partition coefficient (Wildman–Crippen LogP) is 0.637. The summed E-state index contributed by atoms with van der Waals surface area (Å²) in [5, 5.41) is 9.24. The smallest absolute Gasteiger partial charge is 0.344 e. The van der Waals surface area contributed by atoms with Gasteiger partial charge in [0.25, 0.3) is 0 Å². The summed E-state index contributed by atoms with van der Waals surface area (Å²) in [5.41, 5.74) is -1.24. The number of esters is 3. The SMILES string of the molecule is C=C(C)C(=O)OCC(=O)OC1CCC2CC1(C#N)OC2=O. The van der Waals surface area contributed by atoms with Gasteiger partial charge in [0.05, 0.1) is 5.92 Å². The second kappa shape index (κ2) is 5.56. The summed E-state index contributed by atoms with van der Waals surface area (Å²) in [5.74, 6) is -2.21. The first-order chi connectivity index (χ1) is 9.88. The molecule has 2 aliphatic rings. The number of nitriles is 1. The average molecular weight is 293 g/mol. The monoisotopic (exact) mass is 293 g/mol. The third-order valence-corrected chi connectivity index (χ3v) is 3.60. The Hall–Kier alpha value is -2.36. The Labute approximate surface area is 121 Å². The van der Waals surface area contributed by atoms with E-state index in [1.807, 2.05) is 6.07 Å². The third kappa shape index (κ3) is 2.89. The van der Waals surface area contributed by atoms with Gasteiger partial charge in [0.1, 0.15) is 6.07 Å². The van der Waals surface area contributed by atoms with E-state index in [0.717, 1.165) is 0 Å². The topological polar surface area (TPSA) is 103 Å². The van der Waals surface area contributed by atoms with E-state index in [1.165, 1.54) is 6.92 Å². The molecule has 0 spiro atoms. The zero-order valence-electron chi connectivity index (χ0n) is 11.6. The van der Waals surface area contributed by atoms with E-state index < -0.39 is 36.2 Å². The van der Waals surface area contributed by atoms with Gasteiger partial charge in [0, 0.05) is 12.0 Å². The first-order valence-electron chi connectivity index (χ1n) is 6.54. The van der Waals surface area contributed by atoms with Gasteiger partial charge < -0.3 is 14.2 Å². The molecule has 1 aliphatic heterocycles. The number of ether oxygens (including phenoxy) is 3. The number of hydrogen-bond donors (Lipinski definition) is 0. The molecule has 2 fully saturated rings. The number of hydrogen-bond acceptors (Lipinski definition) is 7. The van der Waals surface area contributed by atoms with Crippen molar-refractivity contribution >= 4 is 17.9 Å². The molecule has 0 N–H and O–H groups in total. The van der Waals surface area contributed by atoms with Gasteiger partial charge in [0.2, 0.25) is 5.60 Å². The number of fused-ring (bicyclic) bond motifs is 2. The van der Waals surface area contributed by atoms with Crippen molar-refractivity contribution in [3.05, 3.63) is 12.2 Å². The second-order valence-electron chi connectivity index (χ2n) is 5.24. The van der Waals surface area contributed by atoms with E-state index in [2.05, 4.69) is 11.3 Å². The fourth-order valence-corrected chi connectivity index (χ4v) is 2.49. The van der Waals surface area contributed by atoms with Crippen LogP contribution in [0.1, 0.15) is 26.2 Å². The van der Waals surface area contributed by atoms with Crippen molar-refractivity contribution in [1.82, 2.24) is 0 Å². The number of rotatable bonds is 4. The van der Waals surface area contributed by atoms with Gasteiger partial charge in [0.15, 0.2) is 12.7 Å². The Morgan fingerprint density at radius 3 is 2.86 bits per heavy atom. The van der Waals surface area contributed by atoms with Crippen LogP contribution in [0.5, 0.6) is 0 Å². The molecule has 0 aromatic heterocycles. The standard InChI is InChI=1S/C14H15NO6/c1-8(2)12(17)19-6-11(16)20-10-4-3-9-5-14(10,7-15)21-13(9)18/h9-10H,1,3-6H2,2H3. The van der Waals surface area contributed by atoms with Crippen LogP contribution >= 0.6 is 0 Å². The number of carbonyl (C=O) groups is 3. The van der Waals surface area contributed by atoms with Crippen LogP contribution < -0.4 is 0 Å². The highest BCUT2D eigenvalue weighted by Crippen LogP contribution is 2.43. The van der Waals surface area contributed by atoms with Crippen LogP contribution in [-0.4, -0.2) is 36.2 Å². The first kappa shape index (κ1) is 15.0. The predicted molar refractivity (Wildman–Crippen MR) is 67.4 cm³/mol. The maximum Gasteiger partial charge on any atom is 0.344 e. The highest BCUT2D eigenvalue weighted by molar-refractivity contribution is 5.88. The lowest BCUT2D eigenvalue weighted by Gasteiger charge is -2.31. The van der Waals surface area contributed by atoms with Crippen molar-refractivity contribution in [2.45, 2.75) is 37.9 Å². The summed E-state index contributed by atoms with van der Waals surface area (Å²) in [6, 6.07) is 1.94. The summed E-state index contributed by atoms with van der Waals surface area (Å²) in [4.78, 5) is 34.4. The summed E-state index contributed by atoms with van der Waals surface area (Å²) >= 11 is 0. The fraction of sp³-hybridized carbons (Fsp3) is 0.571. The molecule has 21 heavy (non-hydrogen) atoms. The molecule has 2 bridgehead atoms. The molecule has 3 unspecified atom stereocenters. The molecule has 0 aromatic rings. The van der Waals surface area contributed by atoms with Crippen LogP contribution in [0.4, 0.5) is 0 Å². The van der Waals surface area contributed by atoms with Gasteiger partial charge in [-0.1, -0.05) is 6.58 Å². The van der Waals surface area contributed by atoms with Crippen molar-refractivity contribution in [1.29, 1.82) is 5.26 Å². The molecular weight excluding hydrogens is 278 g/mol. The molecular formula is C14H15NO6. The summed E-state index contributed by atoms with van der Waals surface area (Å²) in [6.45, 7) is 4.27. The molecule has 7 heteroatoms. The Balaban J connectivity index is 1.95. The summed E-state index contributed by atoms with van der Waals surface area (Å²) < 4.78 is 14.9. The van der Waals surface area contributed by atoms with Gasteiger partial charge in [-0.25, -0.2) is 9.59 Å². The Kier molecular flexibility index (Phi) is 3.98. The molecule has 1 saturated heterocycles. The highest BCUT2D eigenvalue weighted by Gasteiger charge is 2.57. The van der Waals surface area contributed by atoms with Gasteiger partial charge in [-0.2, -0.15) is 5.26 Å². The van der Waals surface area contributed by atoms with Gasteiger partial charge in [-0.05, 0) is 19.8 Å². The Morgan fingerprint density at radius 2 is 2.24 bits per heavy atom. The van der Waals surface area contributed by atoms with Crippen molar-refractivity contribution in [2.75, 3.05) is 6.61 Å². The zero-order chi connectivity index (χ0) is 15.6. The molecule has 3 atom stereocenters. The van der Waals surface area contributed by atoms with Crippen molar-refractivity contribution in [3.8, 4) is 6.07 Å². The number of carbonyl (C=O) groups excluding carboxylic acids is 3. The lowest BCUT2D eigenvalue weighted by Crippen LogP contribution is -2.46. The van der Waals surface area contributed by atoms with Crippen molar-refractivity contribution < 1.29 is 28.6 Å². The van der Waals surface area contributed by atoms with E-state index in [1.54, 1.807) is 0 Å². The minimum Gasteiger partial charge on any atom is -0.454 e. The Bertz CT molecular complexity index is 548. The second-order valence-corrected chi connectivity index (χ2v) is 5.24. The van der Waals surface area contributed by atoms with Crippen LogP contribution in [0.3, 0.4) is 0 Å². The minimum atomic E-state index is -1.41. The van der Waals surface area contributed by atoms with Gasteiger partial charge in [-0.3, -0.25) is 4.79 Å². The summed E-state index contributed by atoms with van der Waals surface area (Å²) in [6.07, 6.45) is 0.267. The molecule has 112 valence electrons. The maximum atomic E-state index is 11.7. The molecule has 2 rings (SSSR count). The van der Waals surface area contributed by atoms with Gasteiger partial charge in [-0.15, -0.1) is 0 Å². The van der Waals surface area contributed by atoms with E-state index in [0.29, 0.717) is 12.8 Å². The first-order valence-corrected chi connectivity index (χ1v) is 6.54. The molecule has 0 amide bonds. The molecule has 1 aliphatic carbocycles. The van der Waals surface area contributed by atoms with E-state index in [9.17, 15) is 19.6 Å². The normalized spacial score (nSPS) is 30.0. The van der Waals surface area contributed by atoms with Crippen LogP contribution in [-0.2, 0) is 28.6 Å². The molecule has 0 aromatic carbocycles. The highest BCUT2D eigenvalue weighted by atomic mass is 16.6. The average Bonchev–Trinajstić information content (AvgIpc) is 2.72. The van der Waals surface area contributed by atoms with Crippen LogP contribution in [0.2, 0.25) is 0 Å². The lowest BCUT2D eigenvalue weighted by atomic mass is 9.79. The number of nitrogens with zero attached hydrogens (tertiary/aromatic N) is 1. The fourth-order valence-electron chi connectivity index (χ4n) is 2.49. The molecule has 1 saturated carbocycles. The van der Waals surface area contributed by atoms with Crippen molar-refractivity contribution in [3.63, 3.8) is 0 Å². The molecule has 7 nitrogen and oxygen atoms in total. The minimum absolute atomic E-state index is 0.168. The Morgan fingerprint density at radius 1 is 1.52 bits per heavy atom. The third-order valence-electron chi connectivity index (χ3n) is 3.60.